The van der Waals surface area contributed by atoms with Crippen LogP contribution in [0.15, 0.2) is 30.6 Å². The quantitative estimate of drug-likeness (QED) is 0.864. The normalized spacial score (nSPS) is 15.6. The number of hydrogen-bond acceptors (Lipinski definition) is 4. The van der Waals surface area contributed by atoms with Crippen molar-refractivity contribution in [2.24, 2.45) is 5.73 Å². The molecule has 1 aliphatic heterocycles. The lowest BCUT2D eigenvalue weighted by atomic mass is 10.1. The van der Waals surface area contributed by atoms with Crippen molar-refractivity contribution >= 4 is 0 Å². The Bertz CT molecular complexity index is 516. The van der Waals surface area contributed by atoms with Gasteiger partial charge in [0.05, 0.1) is 6.54 Å². The monoisotopic (exact) mass is 243 g/mol. The van der Waals surface area contributed by atoms with E-state index in [2.05, 4.69) is 43.9 Å². The summed E-state index contributed by atoms with van der Waals surface area (Å²) in [6.07, 6.45) is 1.81. The van der Waals surface area contributed by atoms with Crippen LogP contribution >= 0.6 is 0 Å². The first-order valence-electron chi connectivity index (χ1n) is 6.22. The van der Waals surface area contributed by atoms with E-state index >= 15 is 0 Å². The fraction of sp³-hybridized carbons (Fsp3) is 0.385. The molecule has 5 nitrogen and oxygen atoms in total. The highest BCUT2D eigenvalue weighted by Crippen LogP contribution is 2.13. The maximum Gasteiger partial charge on any atom is 0.147 e. The number of aromatic nitrogens is 3. The summed E-state index contributed by atoms with van der Waals surface area (Å²) in [5.41, 5.74) is 8.09. The van der Waals surface area contributed by atoms with Gasteiger partial charge in [0.15, 0.2) is 0 Å². The van der Waals surface area contributed by atoms with Crippen LogP contribution in [-0.4, -0.2) is 26.2 Å². The first-order valence-corrected chi connectivity index (χ1v) is 6.22. The van der Waals surface area contributed by atoms with E-state index in [9.17, 15) is 0 Å². The molecule has 94 valence electrons. The zero-order chi connectivity index (χ0) is 12.4. The summed E-state index contributed by atoms with van der Waals surface area (Å²) in [6, 6.07) is 8.51. The SMILES string of the molecule is NCc1ccc(CN2CCn3cnnc3C2)cc1. The van der Waals surface area contributed by atoms with E-state index in [4.69, 9.17) is 5.73 Å². The molecular formula is C13H17N5. The van der Waals surface area contributed by atoms with Crippen molar-refractivity contribution in [3.05, 3.63) is 47.5 Å². The third-order valence-electron chi connectivity index (χ3n) is 3.38. The number of nitrogens with two attached hydrogens (primary N) is 1. The second kappa shape index (κ2) is 4.88. The van der Waals surface area contributed by atoms with Crippen LogP contribution in [0.25, 0.3) is 0 Å². The lowest BCUT2D eigenvalue weighted by molar-refractivity contribution is 0.209. The minimum Gasteiger partial charge on any atom is -0.326 e. The van der Waals surface area contributed by atoms with E-state index in [1.54, 1.807) is 0 Å². The number of nitrogens with zero attached hydrogens (tertiary/aromatic N) is 4. The first kappa shape index (κ1) is 11.4. The van der Waals surface area contributed by atoms with Crippen LogP contribution < -0.4 is 5.73 Å². The van der Waals surface area contributed by atoms with Crippen molar-refractivity contribution in [3.63, 3.8) is 0 Å². The molecule has 0 unspecified atom stereocenters. The van der Waals surface area contributed by atoms with Crippen molar-refractivity contribution in [2.45, 2.75) is 26.2 Å². The maximum atomic E-state index is 5.60. The topological polar surface area (TPSA) is 60.0 Å². The van der Waals surface area contributed by atoms with Crippen LogP contribution in [-0.2, 0) is 26.2 Å². The van der Waals surface area contributed by atoms with E-state index in [1.165, 1.54) is 11.1 Å². The molecular weight excluding hydrogens is 226 g/mol. The molecule has 0 saturated carbocycles. The zero-order valence-electron chi connectivity index (χ0n) is 10.3. The van der Waals surface area contributed by atoms with Gasteiger partial charge >= 0.3 is 0 Å². The largest absolute Gasteiger partial charge is 0.326 e. The molecule has 3 rings (SSSR count). The summed E-state index contributed by atoms with van der Waals surface area (Å²) < 4.78 is 2.12. The van der Waals surface area contributed by atoms with Crippen molar-refractivity contribution < 1.29 is 0 Å². The molecule has 1 aliphatic rings. The minimum absolute atomic E-state index is 0.604. The fourth-order valence-corrected chi connectivity index (χ4v) is 2.29. The highest BCUT2D eigenvalue weighted by molar-refractivity contribution is 5.22. The van der Waals surface area contributed by atoms with E-state index in [0.717, 1.165) is 32.0 Å². The molecule has 1 aromatic heterocycles. The molecule has 2 aromatic rings. The van der Waals surface area contributed by atoms with Crippen LogP contribution in [0.5, 0.6) is 0 Å². The summed E-state index contributed by atoms with van der Waals surface area (Å²) in [4.78, 5) is 2.39. The average molecular weight is 243 g/mol. The van der Waals surface area contributed by atoms with Gasteiger partial charge in [-0.2, -0.15) is 0 Å². The van der Waals surface area contributed by atoms with Crippen molar-refractivity contribution in [1.82, 2.24) is 19.7 Å². The van der Waals surface area contributed by atoms with Gasteiger partial charge in [0.25, 0.3) is 0 Å². The third kappa shape index (κ3) is 2.27. The summed E-state index contributed by atoms with van der Waals surface area (Å²) in [5.74, 6) is 1.06. The van der Waals surface area contributed by atoms with E-state index in [-0.39, 0.29) is 0 Å². The maximum absolute atomic E-state index is 5.60. The Kier molecular flexibility index (Phi) is 3.08. The second-order valence-corrected chi connectivity index (χ2v) is 4.67. The molecule has 2 heterocycles. The van der Waals surface area contributed by atoms with E-state index in [1.807, 2.05) is 6.33 Å². The minimum atomic E-state index is 0.604. The lowest BCUT2D eigenvalue weighted by Crippen LogP contribution is -2.33. The Balaban J connectivity index is 1.67. The Morgan fingerprint density at radius 3 is 2.67 bits per heavy atom. The van der Waals surface area contributed by atoms with Gasteiger partial charge in [0, 0.05) is 26.2 Å². The molecule has 0 fully saturated rings. The Hall–Kier alpha value is -1.72. The number of rotatable bonds is 3. The highest BCUT2D eigenvalue weighted by Gasteiger charge is 2.17. The van der Waals surface area contributed by atoms with Gasteiger partial charge in [0.1, 0.15) is 12.2 Å². The first-order chi connectivity index (χ1) is 8.85. The smallest absolute Gasteiger partial charge is 0.147 e. The molecule has 0 aliphatic carbocycles. The van der Waals surface area contributed by atoms with Crippen LogP contribution in [0.2, 0.25) is 0 Å². The zero-order valence-corrected chi connectivity index (χ0v) is 10.3. The van der Waals surface area contributed by atoms with Gasteiger partial charge in [-0.1, -0.05) is 24.3 Å². The number of benzene rings is 1. The predicted octanol–water partition coefficient (Wildman–Crippen LogP) is 0.753. The highest BCUT2D eigenvalue weighted by atomic mass is 15.3. The van der Waals surface area contributed by atoms with Crippen molar-refractivity contribution in [3.8, 4) is 0 Å². The number of hydrogen-bond donors (Lipinski definition) is 1. The predicted molar refractivity (Wildman–Crippen MR) is 68.5 cm³/mol. The van der Waals surface area contributed by atoms with Gasteiger partial charge in [0.2, 0.25) is 0 Å². The molecule has 2 N–H and O–H groups in total. The molecule has 0 saturated heterocycles. The summed E-state index contributed by atoms with van der Waals surface area (Å²) in [5, 5.41) is 8.07. The van der Waals surface area contributed by atoms with Gasteiger partial charge < -0.3 is 10.3 Å². The fourth-order valence-electron chi connectivity index (χ4n) is 2.29. The van der Waals surface area contributed by atoms with E-state index < -0.39 is 0 Å². The standard InChI is InChI=1S/C13H17N5/c14-7-11-1-3-12(4-2-11)8-17-5-6-18-10-15-16-13(18)9-17/h1-4,10H,5-9,14H2. The number of fused-ring (bicyclic) bond motifs is 1. The second-order valence-electron chi connectivity index (χ2n) is 4.67. The third-order valence-corrected chi connectivity index (χ3v) is 3.38. The van der Waals surface area contributed by atoms with Crippen LogP contribution in [0.4, 0.5) is 0 Å². The Morgan fingerprint density at radius 1 is 1.11 bits per heavy atom. The van der Waals surface area contributed by atoms with Crippen molar-refractivity contribution in [1.29, 1.82) is 0 Å². The molecule has 0 bridgehead atoms. The molecule has 1 aromatic carbocycles. The van der Waals surface area contributed by atoms with Crippen LogP contribution in [0.1, 0.15) is 17.0 Å². The van der Waals surface area contributed by atoms with Gasteiger partial charge in [-0.25, -0.2) is 0 Å². The molecule has 0 spiro atoms. The van der Waals surface area contributed by atoms with Gasteiger partial charge in [-0.15, -0.1) is 10.2 Å². The Morgan fingerprint density at radius 2 is 1.89 bits per heavy atom. The van der Waals surface area contributed by atoms with Gasteiger partial charge in [-0.05, 0) is 11.1 Å². The summed E-state index contributed by atoms with van der Waals surface area (Å²) >= 11 is 0. The average Bonchev–Trinajstić information content (AvgIpc) is 2.87. The van der Waals surface area contributed by atoms with Gasteiger partial charge in [-0.3, -0.25) is 4.90 Å². The summed E-state index contributed by atoms with van der Waals surface area (Å²) in [7, 11) is 0. The lowest BCUT2D eigenvalue weighted by Gasteiger charge is -2.26. The molecule has 18 heavy (non-hydrogen) atoms. The molecule has 0 atom stereocenters. The van der Waals surface area contributed by atoms with E-state index in [0.29, 0.717) is 6.54 Å². The van der Waals surface area contributed by atoms with Crippen molar-refractivity contribution in [2.75, 3.05) is 6.54 Å². The summed E-state index contributed by atoms with van der Waals surface area (Å²) in [6.45, 7) is 4.45. The van der Waals surface area contributed by atoms with Crippen LogP contribution in [0, 0.1) is 0 Å². The molecule has 0 radical (unpaired) electrons. The molecule has 0 amide bonds. The Labute approximate surface area is 106 Å². The molecule has 5 heteroatoms. The van der Waals surface area contributed by atoms with Crippen LogP contribution in [0.3, 0.4) is 0 Å².